The van der Waals surface area contributed by atoms with Gasteiger partial charge in [-0.15, -0.1) is 0 Å². The summed E-state index contributed by atoms with van der Waals surface area (Å²) in [6.45, 7) is 8.62. The van der Waals surface area contributed by atoms with Gasteiger partial charge in [0.05, 0.1) is 5.57 Å². The predicted octanol–water partition coefficient (Wildman–Crippen LogP) is 2.88. The molecule has 0 aliphatic carbocycles. The Morgan fingerprint density at radius 1 is 1.13 bits per heavy atom. The molecular weight excluding hydrogens is 382 g/mol. The van der Waals surface area contributed by atoms with Gasteiger partial charge in [-0.05, 0) is 49.8 Å². The van der Waals surface area contributed by atoms with E-state index in [-0.39, 0.29) is 17.7 Å². The Labute approximate surface area is 178 Å². The second-order valence-electron chi connectivity index (χ2n) is 7.96. The van der Waals surface area contributed by atoms with Crippen LogP contribution < -0.4 is 5.32 Å². The van der Waals surface area contributed by atoms with E-state index in [9.17, 15) is 14.4 Å². The molecule has 7 nitrogen and oxygen atoms in total. The van der Waals surface area contributed by atoms with Crippen molar-refractivity contribution in [1.82, 2.24) is 9.80 Å². The van der Waals surface area contributed by atoms with E-state index < -0.39 is 0 Å². The number of hydrogen-bond acceptors (Lipinski definition) is 5. The fourth-order valence-corrected chi connectivity index (χ4v) is 3.94. The molecule has 0 atom stereocenters. The first-order valence-electron chi connectivity index (χ1n) is 10.7. The third kappa shape index (κ3) is 4.90. The van der Waals surface area contributed by atoms with Crippen LogP contribution in [0.15, 0.2) is 30.0 Å². The van der Waals surface area contributed by atoms with Gasteiger partial charge in [-0.2, -0.15) is 0 Å². The number of ether oxygens (including phenoxy) is 1. The second-order valence-corrected chi connectivity index (χ2v) is 7.96. The Kier molecular flexibility index (Phi) is 7.26. The van der Waals surface area contributed by atoms with Crippen LogP contribution >= 0.6 is 0 Å². The van der Waals surface area contributed by atoms with Crippen LogP contribution in [0.5, 0.6) is 0 Å². The first kappa shape index (κ1) is 22.0. The Balaban J connectivity index is 1.89. The zero-order valence-corrected chi connectivity index (χ0v) is 18.1. The number of amides is 3. The van der Waals surface area contributed by atoms with Crippen LogP contribution in [-0.4, -0.2) is 60.4 Å². The molecule has 7 heteroatoms. The van der Waals surface area contributed by atoms with Crippen LogP contribution in [0.1, 0.15) is 45.6 Å². The number of piperidine rings is 1. The van der Waals surface area contributed by atoms with Crippen LogP contribution in [0.25, 0.3) is 5.57 Å². The minimum absolute atomic E-state index is 0.155. The van der Waals surface area contributed by atoms with E-state index in [2.05, 4.69) is 17.1 Å². The number of rotatable bonds is 8. The summed E-state index contributed by atoms with van der Waals surface area (Å²) in [6.07, 6.45) is 2.62. The first-order chi connectivity index (χ1) is 14.4. The summed E-state index contributed by atoms with van der Waals surface area (Å²) in [5.41, 5.74) is 2.32. The largest absolute Gasteiger partial charge is 0.382 e. The number of likely N-dealkylation sites (tertiary alicyclic amines) is 1. The molecule has 1 aromatic carbocycles. The molecule has 0 bridgehead atoms. The van der Waals surface area contributed by atoms with Crippen LogP contribution in [0.3, 0.4) is 0 Å². The smallest absolute Gasteiger partial charge is 0.277 e. The lowest BCUT2D eigenvalue weighted by Crippen LogP contribution is -2.39. The summed E-state index contributed by atoms with van der Waals surface area (Å²) in [5.74, 6) is -0.00110. The number of carbonyl (C=O) groups excluding carboxylic acids is 3. The molecule has 2 aliphatic rings. The monoisotopic (exact) mass is 413 g/mol. The standard InChI is InChI=1S/C23H31N3O4/c1-4-30-15-5-12-26-22(28)20(18-6-8-19(9-7-18)24-17(3)27)21(23(26)29)25-13-10-16(2)11-14-25/h6-9,16H,4-5,10-15H2,1-3H3,(H,24,27). The zero-order valence-electron chi connectivity index (χ0n) is 18.1. The first-order valence-corrected chi connectivity index (χ1v) is 10.7. The fourth-order valence-electron chi connectivity index (χ4n) is 3.94. The van der Waals surface area contributed by atoms with E-state index in [1.54, 1.807) is 24.3 Å². The normalized spacial score (nSPS) is 17.8. The molecular formula is C23H31N3O4. The topological polar surface area (TPSA) is 79.0 Å². The molecule has 3 rings (SSSR count). The van der Waals surface area contributed by atoms with Crippen LogP contribution in [0.4, 0.5) is 5.69 Å². The van der Waals surface area contributed by atoms with E-state index in [4.69, 9.17) is 4.74 Å². The highest BCUT2D eigenvalue weighted by Gasteiger charge is 2.41. The lowest BCUT2D eigenvalue weighted by Gasteiger charge is -2.32. The molecule has 1 fully saturated rings. The number of nitrogens with one attached hydrogen (secondary N) is 1. The number of carbonyl (C=O) groups is 3. The Morgan fingerprint density at radius 3 is 2.40 bits per heavy atom. The molecule has 0 spiro atoms. The maximum absolute atomic E-state index is 13.3. The van der Waals surface area contributed by atoms with Crippen molar-refractivity contribution in [3.63, 3.8) is 0 Å². The predicted molar refractivity (Wildman–Crippen MR) is 115 cm³/mol. The molecule has 0 aromatic heterocycles. The third-order valence-electron chi connectivity index (χ3n) is 5.61. The van der Waals surface area contributed by atoms with E-state index in [1.807, 2.05) is 6.92 Å². The molecule has 3 amide bonds. The molecule has 30 heavy (non-hydrogen) atoms. The van der Waals surface area contributed by atoms with Crippen LogP contribution in [0, 0.1) is 5.92 Å². The number of imide groups is 1. The van der Waals surface area contributed by atoms with E-state index >= 15 is 0 Å². The minimum Gasteiger partial charge on any atom is -0.382 e. The lowest BCUT2D eigenvalue weighted by atomic mass is 9.97. The lowest BCUT2D eigenvalue weighted by molar-refractivity contribution is -0.137. The van der Waals surface area contributed by atoms with Gasteiger partial charge < -0.3 is 15.0 Å². The van der Waals surface area contributed by atoms with Crippen molar-refractivity contribution in [3.8, 4) is 0 Å². The maximum atomic E-state index is 13.3. The molecule has 162 valence electrons. The molecule has 0 saturated carbocycles. The van der Waals surface area contributed by atoms with Gasteiger partial charge in [0.15, 0.2) is 0 Å². The molecule has 0 unspecified atom stereocenters. The number of hydrogen-bond donors (Lipinski definition) is 1. The van der Waals surface area contributed by atoms with Gasteiger partial charge in [-0.25, -0.2) is 0 Å². The van der Waals surface area contributed by atoms with Crippen molar-refractivity contribution in [3.05, 3.63) is 35.5 Å². The summed E-state index contributed by atoms with van der Waals surface area (Å²) in [4.78, 5) is 41.2. The van der Waals surface area contributed by atoms with Gasteiger partial charge in [-0.3, -0.25) is 19.3 Å². The molecule has 1 N–H and O–H groups in total. The van der Waals surface area contributed by atoms with Crippen molar-refractivity contribution >= 4 is 29.0 Å². The van der Waals surface area contributed by atoms with Gasteiger partial charge in [0, 0.05) is 45.5 Å². The highest BCUT2D eigenvalue weighted by molar-refractivity contribution is 6.35. The molecule has 0 radical (unpaired) electrons. The number of anilines is 1. The number of benzene rings is 1. The van der Waals surface area contributed by atoms with Gasteiger partial charge >= 0.3 is 0 Å². The number of nitrogens with zero attached hydrogens (tertiary/aromatic N) is 2. The Bertz CT molecular complexity index is 823. The average Bonchev–Trinajstić information content (AvgIpc) is 2.96. The van der Waals surface area contributed by atoms with Crippen molar-refractivity contribution in [1.29, 1.82) is 0 Å². The van der Waals surface area contributed by atoms with Crippen molar-refractivity contribution < 1.29 is 19.1 Å². The average molecular weight is 414 g/mol. The Hall–Kier alpha value is -2.67. The summed E-state index contributed by atoms with van der Waals surface area (Å²) < 4.78 is 5.37. The molecule has 2 aliphatic heterocycles. The second kappa shape index (κ2) is 9.89. The SMILES string of the molecule is CCOCCCN1C(=O)C(c2ccc(NC(C)=O)cc2)=C(N2CCC(C)CC2)C1=O. The van der Waals surface area contributed by atoms with E-state index in [1.165, 1.54) is 11.8 Å². The highest BCUT2D eigenvalue weighted by atomic mass is 16.5. The summed E-state index contributed by atoms with van der Waals surface area (Å²) >= 11 is 0. The Morgan fingerprint density at radius 2 is 1.80 bits per heavy atom. The highest BCUT2D eigenvalue weighted by Crippen LogP contribution is 2.34. The quantitative estimate of drug-likeness (QED) is 0.524. The molecule has 1 saturated heterocycles. The minimum atomic E-state index is -0.252. The van der Waals surface area contributed by atoms with Crippen LogP contribution in [0.2, 0.25) is 0 Å². The maximum Gasteiger partial charge on any atom is 0.277 e. The van der Waals surface area contributed by atoms with Gasteiger partial charge in [0.1, 0.15) is 5.70 Å². The zero-order chi connectivity index (χ0) is 21.7. The molecule has 2 heterocycles. The molecule has 1 aromatic rings. The van der Waals surface area contributed by atoms with Gasteiger partial charge in [0.2, 0.25) is 5.91 Å². The van der Waals surface area contributed by atoms with Crippen molar-refractivity contribution in [2.45, 2.75) is 40.0 Å². The van der Waals surface area contributed by atoms with Gasteiger partial charge in [-0.1, -0.05) is 19.1 Å². The van der Waals surface area contributed by atoms with Crippen molar-refractivity contribution in [2.75, 3.05) is 38.2 Å². The van der Waals surface area contributed by atoms with E-state index in [0.29, 0.717) is 54.6 Å². The van der Waals surface area contributed by atoms with E-state index in [0.717, 1.165) is 25.9 Å². The van der Waals surface area contributed by atoms with Crippen molar-refractivity contribution in [2.24, 2.45) is 5.92 Å². The van der Waals surface area contributed by atoms with Gasteiger partial charge in [0.25, 0.3) is 11.8 Å². The third-order valence-corrected chi connectivity index (χ3v) is 5.61. The summed E-state index contributed by atoms with van der Waals surface area (Å²) in [6, 6.07) is 7.11. The summed E-state index contributed by atoms with van der Waals surface area (Å²) in [5, 5.41) is 2.73. The fraction of sp³-hybridized carbons (Fsp3) is 0.522. The summed E-state index contributed by atoms with van der Waals surface area (Å²) in [7, 11) is 0. The van der Waals surface area contributed by atoms with Crippen LogP contribution in [-0.2, 0) is 19.1 Å².